The molecule has 4 nitrogen and oxygen atoms in total. The average Bonchev–Trinajstić information content (AvgIpc) is 3.07. The number of nitrogens with zero attached hydrogens (tertiary/aromatic N) is 2. The van der Waals surface area contributed by atoms with Crippen molar-refractivity contribution in [2.75, 3.05) is 5.32 Å². The van der Waals surface area contributed by atoms with Crippen LogP contribution in [0.5, 0.6) is 0 Å². The van der Waals surface area contributed by atoms with Gasteiger partial charge in [-0.3, -0.25) is 4.79 Å². The lowest BCUT2D eigenvalue weighted by Gasteiger charge is -2.12. The summed E-state index contributed by atoms with van der Waals surface area (Å²) in [6, 6.07) is 17.1. The summed E-state index contributed by atoms with van der Waals surface area (Å²) < 4.78 is 0.767. The van der Waals surface area contributed by atoms with Crippen LogP contribution >= 0.6 is 27.3 Å². The van der Waals surface area contributed by atoms with Crippen molar-refractivity contribution >= 4 is 49.2 Å². The van der Waals surface area contributed by atoms with Gasteiger partial charge < -0.3 is 5.32 Å². The van der Waals surface area contributed by atoms with E-state index < -0.39 is 0 Å². The van der Waals surface area contributed by atoms with Crippen LogP contribution < -0.4 is 5.32 Å². The summed E-state index contributed by atoms with van der Waals surface area (Å²) in [4.78, 5) is 22.5. The molecule has 2 aromatic heterocycles. The monoisotopic (exact) mass is 423 g/mol. The minimum absolute atomic E-state index is 0.149. The van der Waals surface area contributed by atoms with E-state index in [-0.39, 0.29) is 5.91 Å². The van der Waals surface area contributed by atoms with Crippen LogP contribution in [0.4, 0.5) is 5.69 Å². The lowest BCUT2D eigenvalue weighted by atomic mass is 10.1. The first-order valence-corrected chi connectivity index (χ1v) is 9.62. The van der Waals surface area contributed by atoms with Gasteiger partial charge >= 0.3 is 0 Å². The number of nitrogens with one attached hydrogen (secondary N) is 1. The number of thiazole rings is 1. The molecule has 0 radical (unpaired) electrons. The molecule has 2 aromatic carbocycles. The second-order valence-electron chi connectivity index (χ2n) is 5.76. The molecule has 0 spiro atoms. The number of hydrogen-bond acceptors (Lipinski definition) is 4. The van der Waals surface area contributed by atoms with E-state index >= 15 is 0 Å². The van der Waals surface area contributed by atoms with E-state index in [4.69, 9.17) is 0 Å². The topological polar surface area (TPSA) is 54.9 Å². The number of fused-ring (bicyclic) bond motifs is 1. The highest BCUT2D eigenvalue weighted by Crippen LogP contribution is 2.33. The standard InChI is InChI=1S/C20H14BrN3OS/c1-12-13(19-24-17-10-5-11-22-20(17)26-19)7-4-9-16(12)23-18(25)14-6-2-3-8-15(14)21/h2-11H,1H3,(H,23,25). The Morgan fingerprint density at radius 2 is 1.92 bits per heavy atom. The molecule has 0 saturated carbocycles. The quantitative estimate of drug-likeness (QED) is 0.460. The molecule has 6 heteroatoms. The molecule has 0 aliphatic carbocycles. The van der Waals surface area contributed by atoms with E-state index in [2.05, 4.69) is 31.2 Å². The predicted molar refractivity (Wildman–Crippen MR) is 110 cm³/mol. The third-order valence-electron chi connectivity index (χ3n) is 4.10. The fourth-order valence-corrected chi connectivity index (χ4v) is 4.18. The van der Waals surface area contributed by atoms with Gasteiger partial charge in [-0.15, -0.1) is 0 Å². The smallest absolute Gasteiger partial charge is 0.256 e. The maximum absolute atomic E-state index is 12.6. The number of benzene rings is 2. The largest absolute Gasteiger partial charge is 0.322 e. The average molecular weight is 424 g/mol. The van der Waals surface area contributed by atoms with E-state index in [0.29, 0.717) is 5.56 Å². The molecule has 0 aliphatic rings. The van der Waals surface area contributed by atoms with E-state index in [1.165, 1.54) is 0 Å². The highest BCUT2D eigenvalue weighted by atomic mass is 79.9. The van der Waals surface area contributed by atoms with Crippen LogP contribution in [-0.2, 0) is 0 Å². The Bertz CT molecular complexity index is 1090. The number of amides is 1. The van der Waals surface area contributed by atoms with Gasteiger partial charge in [-0.2, -0.15) is 0 Å². The molecule has 4 rings (SSSR count). The summed E-state index contributed by atoms with van der Waals surface area (Å²) in [6.07, 6.45) is 1.77. The number of hydrogen-bond donors (Lipinski definition) is 1. The minimum Gasteiger partial charge on any atom is -0.322 e. The Hall–Kier alpha value is -2.57. The number of aromatic nitrogens is 2. The van der Waals surface area contributed by atoms with Gasteiger partial charge in [-0.25, -0.2) is 9.97 Å². The lowest BCUT2D eigenvalue weighted by molar-refractivity contribution is 0.102. The molecule has 0 aliphatic heterocycles. The van der Waals surface area contributed by atoms with Crippen molar-refractivity contribution < 1.29 is 4.79 Å². The Morgan fingerprint density at radius 3 is 2.73 bits per heavy atom. The highest BCUT2D eigenvalue weighted by Gasteiger charge is 2.14. The van der Waals surface area contributed by atoms with Gasteiger partial charge in [0.05, 0.1) is 5.56 Å². The van der Waals surface area contributed by atoms with Crippen molar-refractivity contribution in [3.8, 4) is 10.6 Å². The van der Waals surface area contributed by atoms with Crippen molar-refractivity contribution in [1.82, 2.24) is 9.97 Å². The van der Waals surface area contributed by atoms with Crippen LogP contribution in [0.15, 0.2) is 65.3 Å². The normalized spacial score (nSPS) is 10.8. The molecule has 4 aromatic rings. The molecule has 0 atom stereocenters. The van der Waals surface area contributed by atoms with Crippen molar-refractivity contribution in [1.29, 1.82) is 0 Å². The van der Waals surface area contributed by atoms with Gasteiger partial charge in [0.1, 0.15) is 15.4 Å². The van der Waals surface area contributed by atoms with Gasteiger partial charge in [-0.05, 0) is 58.7 Å². The Balaban J connectivity index is 1.70. The van der Waals surface area contributed by atoms with Gasteiger partial charge in [0.25, 0.3) is 5.91 Å². The van der Waals surface area contributed by atoms with Crippen LogP contribution in [0.1, 0.15) is 15.9 Å². The maximum Gasteiger partial charge on any atom is 0.256 e. The predicted octanol–water partition coefficient (Wildman–Crippen LogP) is 5.68. The van der Waals surface area contributed by atoms with Crippen LogP contribution in [-0.4, -0.2) is 15.9 Å². The van der Waals surface area contributed by atoms with Crippen molar-refractivity contribution in [3.05, 3.63) is 76.4 Å². The molecular weight excluding hydrogens is 410 g/mol. The molecule has 26 heavy (non-hydrogen) atoms. The molecule has 0 unspecified atom stereocenters. The van der Waals surface area contributed by atoms with Gasteiger partial charge in [-0.1, -0.05) is 35.6 Å². The lowest BCUT2D eigenvalue weighted by Crippen LogP contribution is -2.13. The summed E-state index contributed by atoms with van der Waals surface area (Å²) in [5.74, 6) is -0.149. The molecular formula is C20H14BrN3OS. The second kappa shape index (κ2) is 6.97. The zero-order valence-corrected chi connectivity index (χ0v) is 16.3. The zero-order chi connectivity index (χ0) is 18.1. The van der Waals surface area contributed by atoms with Gasteiger partial charge in [0.2, 0.25) is 0 Å². The minimum atomic E-state index is -0.149. The Morgan fingerprint density at radius 1 is 1.08 bits per heavy atom. The zero-order valence-electron chi connectivity index (χ0n) is 13.9. The molecule has 1 N–H and O–H groups in total. The summed E-state index contributed by atoms with van der Waals surface area (Å²) in [7, 11) is 0. The Labute approximate surface area is 163 Å². The summed E-state index contributed by atoms with van der Waals surface area (Å²) in [5, 5.41) is 3.90. The second-order valence-corrected chi connectivity index (χ2v) is 7.59. The SMILES string of the molecule is Cc1c(NC(=O)c2ccccc2Br)cccc1-c1nc2cccnc2s1. The van der Waals surface area contributed by atoms with E-state index in [1.54, 1.807) is 23.6 Å². The molecule has 0 fully saturated rings. The van der Waals surface area contributed by atoms with E-state index in [9.17, 15) is 4.79 Å². The number of anilines is 1. The number of pyridine rings is 1. The fraction of sp³-hybridized carbons (Fsp3) is 0.0500. The van der Waals surface area contributed by atoms with Crippen molar-refractivity contribution in [2.24, 2.45) is 0 Å². The number of rotatable bonds is 3. The first kappa shape index (κ1) is 16.9. The first-order valence-electron chi connectivity index (χ1n) is 8.01. The number of carbonyl (C=O) groups is 1. The Kier molecular flexibility index (Phi) is 4.53. The molecule has 0 saturated heterocycles. The van der Waals surface area contributed by atoms with Gasteiger partial charge in [0, 0.05) is 21.9 Å². The van der Waals surface area contributed by atoms with E-state index in [0.717, 1.165) is 36.6 Å². The third kappa shape index (κ3) is 3.13. The molecule has 0 bridgehead atoms. The maximum atomic E-state index is 12.6. The van der Waals surface area contributed by atoms with Crippen LogP contribution in [0.3, 0.4) is 0 Å². The summed E-state index contributed by atoms with van der Waals surface area (Å²) >= 11 is 4.97. The number of halogens is 1. The first-order chi connectivity index (χ1) is 12.6. The van der Waals surface area contributed by atoms with Crippen LogP contribution in [0, 0.1) is 6.92 Å². The third-order valence-corrected chi connectivity index (χ3v) is 5.80. The van der Waals surface area contributed by atoms with Crippen LogP contribution in [0.25, 0.3) is 20.9 Å². The summed E-state index contributed by atoms with van der Waals surface area (Å²) in [6.45, 7) is 1.99. The van der Waals surface area contributed by atoms with E-state index in [1.807, 2.05) is 55.5 Å². The molecule has 1 amide bonds. The molecule has 128 valence electrons. The fourth-order valence-electron chi connectivity index (χ4n) is 2.72. The van der Waals surface area contributed by atoms with Crippen molar-refractivity contribution in [3.63, 3.8) is 0 Å². The van der Waals surface area contributed by atoms with Crippen molar-refractivity contribution in [2.45, 2.75) is 6.92 Å². The summed E-state index contributed by atoms with van der Waals surface area (Å²) in [5.41, 5.74) is 4.23. The molecule has 2 heterocycles. The number of carbonyl (C=O) groups excluding carboxylic acids is 1. The van der Waals surface area contributed by atoms with Crippen LogP contribution in [0.2, 0.25) is 0 Å². The highest BCUT2D eigenvalue weighted by molar-refractivity contribution is 9.10. The van der Waals surface area contributed by atoms with Gasteiger partial charge in [0.15, 0.2) is 0 Å².